The lowest BCUT2D eigenvalue weighted by Gasteiger charge is -2.17. The van der Waals surface area contributed by atoms with Crippen LogP contribution in [0.4, 0.5) is 10.1 Å². The predicted molar refractivity (Wildman–Crippen MR) is 120 cm³/mol. The fourth-order valence-electron chi connectivity index (χ4n) is 3.55. The Morgan fingerprint density at radius 2 is 1.59 bits per heavy atom. The third kappa shape index (κ3) is 3.88. The molecule has 0 fully saturated rings. The van der Waals surface area contributed by atoms with Gasteiger partial charge >= 0.3 is 5.97 Å². The van der Waals surface area contributed by atoms with Crippen molar-refractivity contribution in [3.8, 4) is 16.9 Å². The van der Waals surface area contributed by atoms with Crippen LogP contribution in [0, 0.1) is 5.82 Å². The van der Waals surface area contributed by atoms with E-state index in [-0.39, 0.29) is 10.6 Å². The average molecular weight is 451 g/mol. The van der Waals surface area contributed by atoms with Crippen molar-refractivity contribution < 1.29 is 27.4 Å². The van der Waals surface area contributed by atoms with Crippen molar-refractivity contribution in [3.63, 3.8) is 0 Å². The molecule has 0 aliphatic heterocycles. The number of benzene rings is 4. The van der Waals surface area contributed by atoms with Gasteiger partial charge in [0.25, 0.3) is 10.0 Å². The number of carbonyl (C=O) groups is 1. The molecule has 162 valence electrons. The molecule has 4 aromatic rings. The van der Waals surface area contributed by atoms with Crippen molar-refractivity contribution in [1.29, 1.82) is 0 Å². The van der Waals surface area contributed by atoms with Gasteiger partial charge < -0.3 is 9.84 Å². The molecule has 0 amide bonds. The summed E-state index contributed by atoms with van der Waals surface area (Å²) in [4.78, 5) is 11.2. The zero-order chi connectivity index (χ0) is 22.9. The zero-order valence-corrected chi connectivity index (χ0v) is 17.7. The van der Waals surface area contributed by atoms with Gasteiger partial charge in [-0.15, -0.1) is 0 Å². The molecule has 0 heterocycles. The topological polar surface area (TPSA) is 92.7 Å². The maximum absolute atomic E-state index is 13.7. The summed E-state index contributed by atoms with van der Waals surface area (Å²) in [6.07, 6.45) is 0. The first-order chi connectivity index (χ1) is 15.3. The third-order valence-electron chi connectivity index (χ3n) is 4.98. The molecule has 32 heavy (non-hydrogen) atoms. The van der Waals surface area contributed by atoms with Crippen molar-refractivity contribution in [3.05, 3.63) is 90.2 Å². The minimum Gasteiger partial charge on any atom is -0.495 e. The molecule has 0 unspecified atom stereocenters. The van der Waals surface area contributed by atoms with Crippen molar-refractivity contribution in [1.82, 2.24) is 0 Å². The molecular weight excluding hydrogens is 433 g/mol. The normalized spacial score (nSPS) is 11.3. The van der Waals surface area contributed by atoms with Crippen LogP contribution in [0.1, 0.15) is 10.4 Å². The Morgan fingerprint density at radius 3 is 2.25 bits per heavy atom. The summed E-state index contributed by atoms with van der Waals surface area (Å²) in [6.45, 7) is 0. The number of hydrogen-bond donors (Lipinski definition) is 2. The lowest BCUT2D eigenvalue weighted by molar-refractivity contribution is 0.0692. The van der Waals surface area contributed by atoms with Crippen molar-refractivity contribution in [2.75, 3.05) is 11.8 Å². The van der Waals surface area contributed by atoms with Crippen LogP contribution in [-0.2, 0) is 10.0 Å². The molecule has 0 aliphatic rings. The van der Waals surface area contributed by atoms with Crippen molar-refractivity contribution in [2.45, 2.75) is 4.90 Å². The summed E-state index contributed by atoms with van der Waals surface area (Å²) in [7, 11) is -2.65. The number of carboxylic acids is 1. The number of fused-ring (bicyclic) bond motifs is 1. The summed E-state index contributed by atoms with van der Waals surface area (Å²) < 4.78 is 48.5. The minimum atomic E-state index is -4.17. The lowest BCUT2D eigenvalue weighted by atomic mass is 9.99. The first-order valence-electron chi connectivity index (χ1n) is 9.52. The molecule has 2 N–H and O–H groups in total. The quantitative estimate of drug-likeness (QED) is 0.423. The molecule has 0 atom stereocenters. The molecule has 6 nitrogen and oxygen atoms in total. The summed E-state index contributed by atoms with van der Waals surface area (Å²) >= 11 is 0. The Labute approximate surface area is 184 Å². The van der Waals surface area contributed by atoms with Crippen LogP contribution >= 0.6 is 0 Å². The van der Waals surface area contributed by atoms with Gasteiger partial charge in [0.15, 0.2) is 0 Å². The Balaban J connectivity index is 1.92. The van der Waals surface area contributed by atoms with Crippen LogP contribution in [-0.4, -0.2) is 26.6 Å². The molecule has 0 saturated heterocycles. The van der Waals surface area contributed by atoms with Gasteiger partial charge in [-0.25, -0.2) is 17.6 Å². The number of ether oxygens (including phenoxy) is 1. The van der Waals surface area contributed by atoms with E-state index >= 15 is 0 Å². The largest absolute Gasteiger partial charge is 0.495 e. The maximum Gasteiger partial charge on any atom is 0.338 e. The van der Waals surface area contributed by atoms with Gasteiger partial charge in [-0.2, -0.15) is 0 Å². The van der Waals surface area contributed by atoms with Gasteiger partial charge in [-0.3, -0.25) is 4.72 Å². The molecule has 8 heteroatoms. The second-order valence-corrected chi connectivity index (χ2v) is 8.62. The van der Waals surface area contributed by atoms with Crippen LogP contribution in [0.5, 0.6) is 5.75 Å². The molecule has 0 bridgehead atoms. The number of aromatic carboxylic acids is 1. The van der Waals surface area contributed by atoms with Crippen LogP contribution in [0.3, 0.4) is 0 Å². The smallest absolute Gasteiger partial charge is 0.338 e. The van der Waals surface area contributed by atoms with Gasteiger partial charge in [-0.1, -0.05) is 54.6 Å². The SMILES string of the molecule is COc1c(-c2ccccc2)cc(S(=O)(=O)Nc2ccc(F)c(C(=O)O)c2)c2ccccc12. The molecule has 0 aromatic heterocycles. The summed E-state index contributed by atoms with van der Waals surface area (Å²) in [5, 5.41) is 10.2. The van der Waals surface area contributed by atoms with Gasteiger partial charge in [0, 0.05) is 22.0 Å². The Bertz CT molecular complexity index is 1440. The van der Waals surface area contributed by atoms with E-state index in [1.807, 2.05) is 30.3 Å². The molecule has 0 saturated carbocycles. The molecule has 0 spiro atoms. The van der Waals surface area contributed by atoms with Gasteiger partial charge in [-0.05, 0) is 29.8 Å². The van der Waals surface area contributed by atoms with Crippen LogP contribution in [0.25, 0.3) is 21.9 Å². The van der Waals surface area contributed by atoms with Crippen LogP contribution in [0.15, 0.2) is 83.8 Å². The zero-order valence-electron chi connectivity index (χ0n) is 16.9. The first kappa shape index (κ1) is 21.3. The minimum absolute atomic E-state index is 0.0195. The van der Waals surface area contributed by atoms with E-state index in [1.54, 1.807) is 24.3 Å². The lowest BCUT2D eigenvalue weighted by Crippen LogP contribution is -2.15. The molecule has 0 radical (unpaired) electrons. The van der Waals surface area contributed by atoms with E-state index in [2.05, 4.69) is 4.72 Å². The van der Waals surface area contributed by atoms with E-state index in [4.69, 9.17) is 9.84 Å². The Hall–Kier alpha value is -3.91. The number of hydrogen-bond acceptors (Lipinski definition) is 4. The fourth-order valence-corrected chi connectivity index (χ4v) is 4.84. The fraction of sp³-hybridized carbons (Fsp3) is 0.0417. The molecular formula is C24H18FNO5S. The highest BCUT2D eigenvalue weighted by Gasteiger charge is 2.23. The maximum atomic E-state index is 13.7. The van der Waals surface area contributed by atoms with Gasteiger partial charge in [0.05, 0.1) is 17.6 Å². The second kappa shape index (κ2) is 8.32. The highest BCUT2D eigenvalue weighted by Crippen LogP contribution is 2.40. The number of anilines is 1. The number of sulfonamides is 1. The highest BCUT2D eigenvalue weighted by molar-refractivity contribution is 7.93. The standard InChI is InChI=1S/C24H18FNO5S/c1-31-23-18-10-6-5-9-17(18)22(14-19(23)15-7-3-2-4-8-15)32(29,30)26-16-11-12-21(25)20(13-16)24(27)28/h2-14,26H,1H3,(H,27,28). The number of nitrogens with one attached hydrogen (secondary N) is 1. The number of halogens is 1. The molecule has 4 rings (SSSR count). The summed E-state index contributed by atoms with van der Waals surface area (Å²) in [6, 6.07) is 20.7. The van der Waals surface area contributed by atoms with E-state index in [9.17, 15) is 17.6 Å². The second-order valence-electron chi connectivity index (χ2n) is 6.97. The van der Waals surface area contributed by atoms with Crippen molar-refractivity contribution >= 4 is 32.5 Å². The molecule has 4 aromatic carbocycles. The van der Waals surface area contributed by atoms with Crippen LogP contribution < -0.4 is 9.46 Å². The van der Waals surface area contributed by atoms with Crippen LogP contribution in [0.2, 0.25) is 0 Å². The monoisotopic (exact) mass is 451 g/mol. The van der Waals surface area contributed by atoms with Crippen molar-refractivity contribution in [2.24, 2.45) is 0 Å². The van der Waals surface area contributed by atoms with Gasteiger partial charge in [0.1, 0.15) is 11.6 Å². The van der Waals surface area contributed by atoms with E-state index < -0.39 is 27.4 Å². The van der Waals surface area contributed by atoms with Gasteiger partial charge in [0.2, 0.25) is 0 Å². The third-order valence-corrected chi connectivity index (χ3v) is 6.41. The number of methoxy groups -OCH3 is 1. The van der Waals surface area contributed by atoms with E-state index in [0.29, 0.717) is 22.1 Å². The molecule has 0 aliphatic carbocycles. The Kier molecular flexibility index (Phi) is 5.54. The van der Waals surface area contributed by atoms with E-state index in [1.165, 1.54) is 19.2 Å². The Morgan fingerprint density at radius 1 is 0.938 bits per heavy atom. The number of rotatable bonds is 6. The van der Waals surface area contributed by atoms with E-state index in [0.717, 1.165) is 17.7 Å². The number of carboxylic acid groups (broad SMARTS) is 1. The highest BCUT2D eigenvalue weighted by atomic mass is 32.2. The first-order valence-corrected chi connectivity index (χ1v) is 11.0. The summed E-state index contributed by atoms with van der Waals surface area (Å²) in [5.74, 6) is -1.92. The predicted octanol–water partition coefficient (Wildman–Crippen LogP) is 5.15. The summed E-state index contributed by atoms with van der Waals surface area (Å²) in [5.41, 5.74) is 0.652. The average Bonchev–Trinajstić information content (AvgIpc) is 2.79.